The second-order valence-corrected chi connectivity index (χ2v) is 7.84. The fourth-order valence-corrected chi connectivity index (χ4v) is 4.26. The average molecular weight is 440 g/mol. The van der Waals surface area contributed by atoms with Crippen LogP contribution in [0.15, 0.2) is 54.6 Å². The van der Waals surface area contributed by atoms with Crippen LogP contribution < -0.4 is 0 Å². The Labute approximate surface area is 185 Å². The minimum atomic E-state index is -0.954. The predicted octanol–water partition coefficient (Wildman–Crippen LogP) is 1.80. The highest BCUT2D eigenvalue weighted by Crippen LogP contribution is 2.27. The smallest absolute Gasteiger partial charge is 0.262 e. The van der Waals surface area contributed by atoms with Crippen molar-refractivity contribution in [1.82, 2.24) is 14.7 Å². The number of nitrogens with zero attached hydrogens (tertiary/aromatic N) is 3. The second kappa shape index (κ2) is 8.89. The number of rotatable bonds is 5. The first-order valence-electron chi connectivity index (χ1n) is 10.1. The predicted molar refractivity (Wildman–Crippen MR) is 115 cm³/mol. The number of hydrogen-bond acceptors (Lipinski definition) is 4. The molecule has 0 bridgehead atoms. The number of imide groups is 1. The number of piperazine rings is 1. The number of amides is 4. The van der Waals surface area contributed by atoms with E-state index in [1.807, 2.05) is 30.3 Å². The second-order valence-electron chi connectivity index (χ2n) is 7.57. The van der Waals surface area contributed by atoms with Gasteiger partial charge in [-0.05, 0) is 17.7 Å². The lowest BCUT2D eigenvalue weighted by Crippen LogP contribution is -2.57. The number of alkyl halides is 1. The van der Waals surface area contributed by atoms with E-state index in [2.05, 4.69) is 0 Å². The van der Waals surface area contributed by atoms with E-state index in [0.717, 1.165) is 10.5 Å². The van der Waals surface area contributed by atoms with Crippen LogP contribution in [0.1, 0.15) is 26.3 Å². The van der Waals surface area contributed by atoms with Gasteiger partial charge in [-0.1, -0.05) is 42.5 Å². The third kappa shape index (κ3) is 4.05. The maximum absolute atomic E-state index is 13.5. The molecule has 1 saturated heterocycles. The van der Waals surface area contributed by atoms with E-state index in [0.29, 0.717) is 37.3 Å². The van der Waals surface area contributed by atoms with Crippen LogP contribution in [0.2, 0.25) is 0 Å². The normalized spacial score (nSPS) is 17.0. The number of benzene rings is 2. The molecule has 0 saturated carbocycles. The van der Waals surface area contributed by atoms with Crippen LogP contribution in [-0.4, -0.2) is 76.4 Å². The molecular weight excluding hydrogens is 418 g/mol. The van der Waals surface area contributed by atoms with Gasteiger partial charge in [0.05, 0.1) is 11.1 Å². The van der Waals surface area contributed by atoms with E-state index < -0.39 is 17.9 Å². The molecule has 0 N–H and O–H groups in total. The Morgan fingerprint density at radius 2 is 1.32 bits per heavy atom. The van der Waals surface area contributed by atoms with Gasteiger partial charge in [0.25, 0.3) is 11.8 Å². The summed E-state index contributed by atoms with van der Waals surface area (Å²) < 4.78 is 0. The Kier molecular flexibility index (Phi) is 6.04. The molecule has 1 unspecified atom stereocenters. The first-order valence-corrected chi connectivity index (χ1v) is 10.7. The molecule has 4 amide bonds. The van der Waals surface area contributed by atoms with Crippen molar-refractivity contribution in [3.63, 3.8) is 0 Å². The maximum atomic E-state index is 13.5. The van der Waals surface area contributed by atoms with Crippen LogP contribution in [0, 0.1) is 0 Å². The Balaban J connectivity index is 1.60. The lowest BCUT2D eigenvalue weighted by molar-refractivity contribution is -0.141. The number of carbonyl (C=O) groups is 4. The fourth-order valence-electron chi connectivity index (χ4n) is 4.09. The van der Waals surface area contributed by atoms with E-state index in [9.17, 15) is 19.2 Å². The zero-order chi connectivity index (χ0) is 22.0. The highest BCUT2D eigenvalue weighted by molar-refractivity contribution is 6.27. The summed E-state index contributed by atoms with van der Waals surface area (Å²) in [6, 6.07) is 15.0. The van der Waals surface area contributed by atoms with Crippen LogP contribution in [0.3, 0.4) is 0 Å². The first-order chi connectivity index (χ1) is 15.0. The molecule has 31 heavy (non-hydrogen) atoms. The Bertz CT molecular complexity index is 983. The number of halogens is 1. The largest absolute Gasteiger partial charge is 0.338 e. The van der Waals surface area contributed by atoms with Crippen molar-refractivity contribution in [2.75, 3.05) is 32.1 Å². The zero-order valence-electron chi connectivity index (χ0n) is 16.9. The van der Waals surface area contributed by atoms with Gasteiger partial charge in [0, 0.05) is 32.6 Å². The molecule has 2 aromatic rings. The number of hydrogen-bond donors (Lipinski definition) is 0. The van der Waals surface area contributed by atoms with Crippen LogP contribution in [0.4, 0.5) is 0 Å². The van der Waals surface area contributed by atoms with E-state index in [4.69, 9.17) is 11.6 Å². The molecular formula is C23H22ClN3O4. The van der Waals surface area contributed by atoms with Crippen molar-refractivity contribution in [3.05, 3.63) is 71.3 Å². The molecule has 8 heteroatoms. The van der Waals surface area contributed by atoms with Gasteiger partial charge in [-0.25, -0.2) is 0 Å². The van der Waals surface area contributed by atoms with Gasteiger partial charge < -0.3 is 9.80 Å². The third-order valence-corrected chi connectivity index (χ3v) is 5.98. The molecule has 0 spiro atoms. The highest BCUT2D eigenvalue weighted by atomic mass is 35.5. The number of carbonyl (C=O) groups excluding carboxylic acids is 4. The average Bonchev–Trinajstić information content (AvgIpc) is 3.07. The molecule has 0 aliphatic carbocycles. The van der Waals surface area contributed by atoms with E-state index >= 15 is 0 Å². The summed E-state index contributed by atoms with van der Waals surface area (Å²) in [6.45, 7) is 1.40. The van der Waals surface area contributed by atoms with Gasteiger partial charge in [0.1, 0.15) is 11.9 Å². The van der Waals surface area contributed by atoms with Gasteiger partial charge >= 0.3 is 0 Å². The molecule has 2 heterocycles. The molecule has 2 aliphatic rings. The Hall–Kier alpha value is -3.19. The quantitative estimate of drug-likeness (QED) is 0.525. The van der Waals surface area contributed by atoms with Gasteiger partial charge in [0.2, 0.25) is 11.8 Å². The third-order valence-electron chi connectivity index (χ3n) is 5.75. The summed E-state index contributed by atoms with van der Waals surface area (Å²) in [5, 5.41) is 0. The first kappa shape index (κ1) is 21.1. The standard InChI is InChI=1S/C23H22ClN3O4/c24-15-20(28)25-10-12-26(13-11-25)23(31)19(14-16-6-2-1-3-7-16)27-21(29)17-8-4-5-9-18(17)22(27)30/h1-9,19H,10-15H2. The van der Waals surface area contributed by atoms with Crippen LogP contribution in [0.5, 0.6) is 0 Å². The lowest BCUT2D eigenvalue weighted by Gasteiger charge is -2.37. The maximum Gasteiger partial charge on any atom is 0.262 e. The van der Waals surface area contributed by atoms with Crippen molar-refractivity contribution in [2.45, 2.75) is 12.5 Å². The van der Waals surface area contributed by atoms with Crippen molar-refractivity contribution >= 4 is 35.2 Å². The van der Waals surface area contributed by atoms with Gasteiger partial charge in [-0.2, -0.15) is 0 Å². The van der Waals surface area contributed by atoms with Crippen molar-refractivity contribution in [2.24, 2.45) is 0 Å². The lowest BCUT2D eigenvalue weighted by atomic mass is 10.0. The SMILES string of the molecule is O=C(CCl)N1CCN(C(=O)C(Cc2ccccc2)N2C(=O)c3ccccc3C2=O)CC1. The van der Waals surface area contributed by atoms with E-state index in [-0.39, 0.29) is 24.1 Å². The summed E-state index contributed by atoms with van der Waals surface area (Å²) >= 11 is 5.63. The fraction of sp³-hybridized carbons (Fsp3) is 0.304. The van der Waals surface area contributed by atoms with Crippen molar-refractivity contribution in [3.8, 4) is 0 Å². The molecule has 2 aromatic carbocycles. The van der Waals surface area contributed by atoms with Gasteiger partial charge in [-0.3, -0.25) is 24.1 Å². The molecule has 0 radical (unpaired) electrons. The van der Waals surface area contributed by atoms with Crippen molar-refractivity contribution < 1.29 is 19.2 Å². The van der Waals surface area contributed by atoms with Crippen LogP contribution in [0.25, 0.3) is 0 Å². The van der Waals surface area contributed by atoms with Crippen LogP contribution >= 0.6 is 11.6 Å². The molecule has 1 fully saturated rings. The van der Waals surface area contributed by atoms with E-state index in [1.165, 1.54) is 0 Å². The number of fused-ring (bicyclic) bond motifs is 1. The molecule has 2 aliphatic heterocycles. The van der Waals surface area contributed by atoms with Crippen LogP contribution in [-0.2, 0) is 16.0 Å². The summed E-state index contributed by atoms with van der Waals surface area (Å²) in [5.74, 6) is -1.47. The molecule has 4 rings (SSSR count). The summed E-state index contributed by atoms with van der Waals surface area (Å²) in [6.07, 6.45) is 0.228. The molecule has 0 aromatic heterocycles. The minimum absolute atomic E-state index is 0.0976. The topological polar surface area (TPSA) is 78.0 Å². The summed E-state index contributed by atoms with van der Waals surface area (Å²) in [7, 11) is 0. The Morgan fingerprint density at radius 3 is 1.87 bits per heavy atom. The minimum Gasteiger partial charge on any atom is -0.338 e. The highest BCUT2D eigenvalue weighted by Gasteiger charge is 2.44. The van der Waals surface area contributed by atoms with Gasteiger partial charge in [-0.15, -0.1) is 11.6 Å². The summed E-state index contributed by atoms with van der Waals surface area (Å²) in [5.41, 5.74) is 1.49. The van der Waals surface area contributed by atoms with E-state index in [1.54, 1.807) is 34.1 Å². The van der Waals surface area contributed by atoms with Gasteiger partial charge in [0.15, 0.2) is 0 Å². The Morgan fingerprint density at radius 1 is 0.806 bits per heavy atom. The monoisotopic (exact) mass is 439 g/mol. The molecule has 1 atom stereocenters. The summed E-state index contributed by atoms with van der Waals surface area (Å²) in [4.78, 5) is 55.8. The molecule has 160 valence electrons. The van der Waals surface area contributed by atoms with Crippen molar-refractivity contribution in [1.29, 1.82) is 0 Å². The zero-order valence-corrected chi connectivity index (χ0v) is 17.6. The molecule has 7 nitrogen and oxygen atoms in total.